The van der Waals surface area contributed by atoms with Crippen LogP contribution >= 0.6 is 0 Å². The summed E-state index contributed by atoms with van der Waals surface area (Å²) in [7, 11) is 0. The minimum Gasteiger partial charge on any atom is -0.396 e. The van der Waals surface area contributed by atoms with Gasteiger partial charge in [-0.3, -0.25) is 4.79 Å². The Hall–Kier alpha value is -0.650. The van der Waals surface area contributed by atoms with Crippen molar-refractivity contribution in [3.05, 3.63) is 0 Å². The Balaban J connectivity index is 3.40. The number of carbonyl (C=O) groups is 1. The first-order valence-electron chi connectivity index (χ1n) is 23.3. The van der Waals surface area contributed by atoms with Crippen molar-refractivity contribution in [3.8, 4) is 0 Å². The number of aliphatic hydroxyl groups is 3. The maximum atomic E-state index is 12.4. The van der Waals surface area contributed by atoms with Crippen LogP contribution in [0.3, 0.4) is 0 Å². The molecule has 2 unspecified atom stereocenters. The molecule has 0 aromatic heterocycles. The van der Waals surface area contributed by atoms with Gasteiger partial charge in [0.25, 0.3) is 0 Å². The minimum absolute atomic E-state index is 0.0299. The van der Waals surface area contributed by atoms with E-state index in [1.54, 1.807) is 0 Å². The van der Waals surface area contributed by atoms with Crippen molar-refractivity contribution in [2.24, 2.45) is 0 Å². The number of rotatable bonds is 44. The van der Waals surface area contributed by atoms with E-state index in [9.17, 15) is 15.0 Å². The molecular formula is C46H93NO4. The van der Waals surface area contributed by atoms with E-state index in [1.165, 1.54) is 212 Å². The van der Waals surface area contributed by atoms with Gasteiger partial charge in [0.15, 0.2) is 0 Å². The number of amides is 1. The highest BCUT2D eigenvalue weighted by Gasteiger charge is 2.20. The third kappa shape index (κ3) is 40.4. The Labute approximate surface area is 319 Å². The first kappa shape index (κ1) is 50.4. The van der Waals surface area contributed by atoms with Crippen molar-refractivity contribution in [2.45, 2.75) is 276 Å². The molecule has 0 heterocycles. The van der Waals surface area contributed by atoms with Gasteiger partial charge in [-0.05, 0) is 19.3 Å². The zero-order valence-corrected chi connectivity index (χ0v) is 34.6. The van der Waals surface area contributed by atoms with Crippen LogP contribution in [0.15, 0.2) is 0 Å². The lowest BCUT2D eigenvalue weighted by molar-refractivity contribution is -0.123. The molecule has 0 bridgehead atoms. The van der Waals surface area contributed by atoms with Crippen LogP contribution in [0.1, 0.15) is 264 Å². The summed E-state index contributed by atoms with van der Waals surface area (Å²) in [6.07, 6.45) is 50.6. The third-order valence-electron chi connectivity index (χ3n) is 11.2. The minimum atomic E-state index is -0.656. The maximum Gasteiger partial charge on any atom is 0.220 e. The molecule has 0 rings (SSSR count). The molecule has 4 N–H and O–H groups in total. The average molecular weight is 724 g/mol. The van der Waals surface area contributed by atoms with Gasteiger partial charge in [0, 0.05) is 13.0 Å². The monoisotopic (exact) mass is 724 g/mol. The highest BCUT2D eigenvalue weighted by molar-refractivity contribution is 5.76. The van der Waals surface area contributed by atoms with Crippen LogP contribution < -0.4 is 5.32 Å². The fraction of sp³-hybridized carbons (Fsp3) is 0.978. The summed E-state index contributed by atoms with van der Waals surface area (Å²) in [6.45, 7) is 2.44. The number of unbranched alkanes of at least 4 members (excludes halogenated alkanes) is 36. The smallest absolute Gasteiger partial charge is 0.220 e. The molecule has 0 aliphatic heterocycles. The van der Waals surface area contributed by atoms with E-state index < -0.39 is 12.1 Å². The molecule has 0 aromatic carbocycles. The summed E-state index contributed by atoms with van der Waals surface area (Å²) in [6, 6.07) is -0.533. The van der Waals surface area contributed by atoms with Crippen molar-refractivity contribution < 1.29 is 20.1 Å². The Bertz CT molecular complexity index is 659. The average Bonchev–Trinajstić information content (AvgIpc) is 3.13. The van der Waals surface area contributed by atoms with E-state index in [0.29, 0.717) is 19.4 Å². The highest BCUT2D eigenvalue weighted by Crippen LogP contribution is 2.17. The Morgan fingerprint density at radius 3 is 0.980 bits per heavy atom. The Kier molecular flexibility index (Phi) is 43.2. The summed E-state index contributed by atoms with van der Waals surface area (Å²) in [5, 5.41) is 32.0. The van der Waals surface area contributed by atoms with Crippen LogP contribution in [0, 0.1) is 0 Å². The number of aliphatic hydroxyl groups excluding tert-OH is 3. The molecule has 306 valence electrons. The zero-order valence-electron chi connectivity index (χ0n) is 34.6. The molecule has 5 nitrogen and oxygen atoms in total. The van der Waals surface area contributed by atoms with Crippen molar-refractivity contribution in [3.63, 3.8) is 0 Å². The van der Waals surface area contributed by atoms with E-state index in [1.807, 2.05) is 0 Å². The van der Waals surface area contributed by atoms with Gasteiger partial charge in [-0.15, -0.1) is 0 Å². The molecule has 0 aliphatic carbocycles. The molecule has 0 saturated carbocycles. The van der Waals surface area contributed by atoms with Crippen LogP contribution in [0.5, 0.6) is 0 Å². The summed E-state index contributed by atoms with van der Waals surface area (Å²) in [5.74, 6) is -0.0299. The van der Waals surface area contributed by atoms with Gasteiger partial charge in [0.05, 0.1) is 18.8 Å². The Morgan fingerprint density at radius 1 is 0.412 bits per heavy atom. The van der Waals surface area contributed by atoms with E-state index in [2.05, 4.69) is 12.2 Å². The first-order valence-corrected chi connectivity index (χ1v) is 23.3. The number of nitrogens with one attached hydrogen (secondary N) is 1. The van der Waals surface area contributed by atoms with Crippen LogP contribution in [-0.2, 0) is 4.79 Å². The summed E-state index contributed by atoms with van der Waals surface area (Å²) in [4.78, 5) is 12.4. The molecule has 2 atom stereocenters. The SMILES string of the molecule is CCCCCCCCCCCCCCCC(O)C(CO)NC(=O)CCCCCCCCCCCCCCCCCCCCCCCCCCCO. The van der Waals surface area contributed by atoms with Gasteiger partial charge in [-0.1, -0.05) is 238 Å². The van der Waals surface area contributed by atoms with Gasteiger partial charge in [0.1, 0.15) is 0 Å². The summed E-state index contributed by atoms with van der Waals surface area (Å²) >= 11 is 0. The van der Waals surface area contributed by atoms with Crippen LogP contribution in [0.2, 0.25) is 0 Å². The van der Waals surface area contributed by atoms with Crippen molar-refractivity contribution in [1.29, 1.82) is 0 Å². The van der Waals surface area contributed by atoms with Gasteiger partial charge in [-0.2, -0.15) is 0 Å². The zero-order chi connectivity index (χ0) is 37.1. The van der Waals surface area contributed by atoms with E-state index in [4.69, 9.17) is 5.11 Å². The first-order chi connectivity index (χ1) is 25.2. The second-order valence-electron chi connectivity index (χ2n) is 16.3. The lowest BCUT2D eigenvalue weighted by atomic mass is 10.0. The molecule has 51 heavy (non-hydrogen) atoms. The van der Waals surface area contributed by atoms with Crippen LogP contribution in [0.4, 0.5) is 0 Å². The standard InChI is InChI=1S/C46H93NO4/c1-2-3-4-5-6-7-8-22-25-28-31-34-37-40-45(50)44(43-49)47-46(51)41-38-35-32-29-26-23-20-18-16-14-12-10-9-11-13-15-17-19-21-24-27-30-33-36-39-42-48/h44-45,48-50H,2-43H2,1H3,(H,47,51). The molecular weight excluding hydrogens is 631 g/mol. The third-order valence-corrected chi connectivity index (χ3v) is 11.2. The van der Waals surface area contributed by atoms with Gasteiger partial charge >= 0.3 is 0 Å². The van der Waals surface area contributed by atoms with E-state index >= 15 is 0 Å². The lowest BCUT2D eigenvalue weighted by Gasteiger charge is -2.22. The molecule has 0 radical (unpaired) electrons. The fourth-order valence-corrected chi connectivity index (χ4v) is 7.58. The molecule has 5 heteroatoms. The van der Waals surface area contributed by atoms with Gasteiger partial charge in [-0.25, -0.2) is 0 Å². The van der Waals surface area contributed by atoms with Gasteiger partial charge in [0.2, 0.25) is 5.91 Å². The Morgan fingerprint density at radius 2 is 0.686 bits per heavy atom. The number of carbonyl (C=O) groups excluding carboxylic acids is 1. The van der Waals surface area contributed by atoms with Crippen LogP contribution in [0.25, 0.3) is 0 Å². The topological polar surface area (TPSA) is 89.8 Å². The van der Waals surface area contributed by atoms with E-state index in [0.717, 1.165) is 32.1 Å². The summed E-state index contributed by atoms with van der Waals surface area (Å²) in [5.41, 5.74) is 0. The number of hydrogen-bond donors (Lipinski definition) is 4. The normalized spacial score (nSPS) is 12.8. The molecule has 0 aliphatic rings. The number of hydrogen-bond acceptors (Lipinski definition) is 4. The fourth-order valence-electron chi connectivity index (χ4n) is 7.58. The second-order valence-corrected chi connectivity index (χ2v) is 16.3. The largest absolute Gasteiger partial charge is 0.396 e. The molecule has 0 aromatic rings. The molecule has 1 amide bonds. The molecule has 0 fully saturated rings. The van der Waals surface area contributed by atoms with Crippen molar-refractivity contribution in [2.75, 3.05) is 13.2 Å². The lowest BCUT2D eigenvalue weighted by Crippen LogP contribution is -2.45. The van der Waals surface area contributed by atoms with Crippen molar-refractivity contribution >= 4 is 5.91 Å². The predicted molar refractivity (Wildman–Crippen MR) is 222 cm³/mol. The highest BCUT2D eigenvalue weighted by atomic mass is 16.3. The molecule has 0 saturated heterocycles. The predicted octanol–water partition coefficient (Wildman–Crippen LogP) is 13.4. The molecule has 0 spiro atoms. The van der Waals surface area contributed by atoms with Crippen molar-refractivity contribution in [1.82, 2.24) is 5.32 Å². The quantitative estimate of drug-likeness (QED) is 0.0471. The van der Waals surface area contributed by atoms with Crippen LogP contribution in [-0.4, -0.2) is 46.6 Å². The van der Waals surface area contributed by atoms with E-state index in [-0.39, 0.29) is 12.5 Å². The maximum absolute atomic E-state index is 12.4. The van der Waals surface area contributed by atoms with Gasteiger partial charge < -0.3 is 20.6 Å². The second kappa shape index (κ2) is 43.8. The summed E-state index contributed by atoms with van der Waals surface area (Å²) < 4.78 is 0.